The SMILES string of the molecule is COc1ccc(N(C)S(=O)(=O)N2CCCCC2c2nnc(Cc3ccccc3)o2)cc1. The zero-order valence-corrected chi connectivity index (χ0v) is 18.5. The lowest BCUT2D eigenvalue weighted by atomic mass is 10.1. The van der Waals surface area contributed by atoms with Crippen LogP contribution in [0, 0.1) is 0 Å². The molecule has 1 saturated heterocycles. The molecule has 0 aliphatic carbocycles. The van der Waals surface area contributed by atoms with Crippen molar-refractivity contribution in [2.75, 3.05) is 25.0 Å². The van der Waals surface area contributed by atoms with Crippen LogP contribution in [0.15, 0.2) is 59.0 Å². The average molecular weight is 443 g/mol. The minimum absolute atomic E-state index is 0.345. The van der Waals surface area contributed by atoms with Gasteiger partial charge in [-0.1, -0.05) is 36.8 Å². The first-order valence-electron chi connectivity index (χ1n) is 10.2. The van der Waals surface area contributed by atoms with E-state index in [9.17, 15) is 8.42 Å². The van der Waals surface area contributed by atoms with Crippen molar-refractivity contribution in [1.82, 2.24) is 14.5 Å². The molecule has 1 unspecified atom stereocenters. The second kappa shape index (κ2) is 9.07. The van der Waals surface area contributed by atoms with Gasteiger partial charge in [-0.25, -0.2) is 0 Å². The van der Waals surface area contributed by atoms with Crippen LogP contribution in [0.2, 0.25) is 0 Å². The molecule has 2 aromatic carbocycles. The van der Waals surface area contributed by atoms with Gasteiger partial charge in [-0.3, -0.25) is 4.31 Å². The molecule has 4 rings (SSSR count). The number of rotatable bonds is 7. The fourth-order valence-corrected chi connectivity index (χ4v) is 5.33. The molecule has 0 spiro atoms. The zero-order chi connectivity index (χ0) is 21.8. The van der Waals surface area contributed by atoms with Gasteiger partial charge in [-0.2, -0.15) is 12.7 Å². The van der Waals surface area contributed by atoms with Crippen LogP contribution in [0.1, 0.15) is 42.6 Å². The van der Waals surface area contributed by atoms with E-state index < -0.39 is 16.3 Å². The molecule has 0 saturated carbocycles. The summed E-state index contributed by atoms with van der Waals surface area (Å²) in [6, 6.07) is 16.3. The third-order valence-electron chi connectivity index (χ3n) is 5.50. The maximum Gasteiger partial charge on any atom is 0.304 e. The van der Waals surface area contributed by atoms with Crippen molar-refractivity contribution >= 4 is 15.9 Å². The molecule has 1 aliphatic heterocycles. The summed E-state index contributed by atoms with van der Waals surface area (Å²) in [5.41, 5.74) is 1.62. The topological polar surface area (TPSA) is 88.8 Å². The van der Waals surface area contributed by atoms with Crippen LogP contribution in [0.5, 0.6) is 5.75 Å². The van der Waals surface area contributed by atoms with E-state index >= 15 is 0 Å². The van der Waals surface area contributed by atoms with E-state index in [1.165, 1.54) is 8.61 Å². The quantitative estimate of drug-likeness (QED) is 0.556. The third kappa shape index (κ3) is 4.57. The Balaban J connectivity index is 1.56. The van der Waals surface area contributed by atoms with Crippen molar-refractivity contribution < 1.29 is 17.6 Å². The largest absolute Gasteiger partial charge is 0.497 e. The molecule has 9 heteroatoms. The Morgan fingerprint density at radius 2 is 1.84 bits per heavy atom. The van der Waals surface area contributed by atoms with Crippen molar-refractivity contribution in [3.8, 4) is 5.75 Å². The van der Waals surface area contributed by atoms with Crippen LogP contribution < -0.4 is 9.04 Å². The first-order chi connectivity index (χ1) is 15.0. The highest BCUT2D eigenvalue weighted by Crippen LogP contribution is 2.35. The molecule has 1 aliphatic rings. The standard InChI is InChI=1S/C22H26N4O4S/c1-25(18-11-13-19(29-2)14-12-18)31(27,28)26-15-7-6-10-20(26)22-24-23-21(30-22)16-17-8-4-3-5-9-17/h3-5,8-9,11-14,20H,6-7,10,15-16H2,1-2H3. The van der Waals surface area contributed by atoms with Gasteiger partial charge >= 0.3 is 10.2 Å². The molecule has 0 N–H and O–H groups in total. The second-order valence-electron chi connectivity index (χ2n) is 7.49. The Morgan fingerprint density at radius 1 is 1.10 bits per heavy atom. The Hall–Kier alpha value is -2.91. The van der Waals surface area contributed by atoms with Crippen molar-refractivity contribution in [1.29, 1.82) is 0 Å². The number of methoxy groups -OCH3 is 1. The van der Waals surface area contributed by atoms with E-state index in [2.05, 4.69) is 10.2 Å². The lowest BCUT2D eigenvalue weighted by Crippen LogP contribution is -2.46. The van der Waals surface area contributed by atoms with Crippen molar-refractivity contribution in [3.63, 3.8) is 0 Å². The normalized spacial score (nSPS) is 17.4. The number of hydrogen-bond donors (Lipinski definition) is 0. The molecule has 3 aromatic rings. The van der Waals surface area contributed by atoms with Crippen LogP contribution in [0.4, 0.5) is 5.69 Å². The maximum absolute atomic E-state index is 13.5. The Labute approximate surface area is 182 Å². The van der Waals surface area contributed by atoms with E-state index in [1.807, 2.05) is 30.3 Å². The van der Waals surface area contributed by atoms with Crippen molar-refractivity contribution in [2.45, 2.75) is 31.7 Å². The third-order valence-corrected chi connectivity index (χ3v) is 7.43. The summed E-state index contributed by atoms with van der Waals surface area (Å²) < 4.78 is 40.7. The van der Waals surface area contributed by atoms with Crippen LogP contribution in [-0.2, 0) is 16.6 Å². The number of benzene rings is 2. The Kier molecular flexibility index (Phi) is 6.24. The molecule has 0 amide bonds. The molecule has 2 heterocycles. The summed E-state index contributed by atoms with van der Waals surface area (Å²) in [6.07, 6.45) is 2.85. The lowest BCUT2D eigenvalue weighted by Gasteiger charge is -2.35. The van der Waals surface area contributed by atoms with E-state index in [0.29, 0.717) is 42.6 Å². The number of aromatic nitrogens is 2. The van der Waals surface area contributed by atoms with Gasteiger partial charge in [0.15, 0.2) is 0 Å². The van der Waals surface area contributed by atoms with Gasteiger partial charge in [-0.05, 0) is 42.7 Å². The molecular weight excluding hydrogens is 416 g/mol. The van der Waals surface area contributed by atoms with Crippen LogP contribution >= 0.6 is 0 Å². The molecular formula is C22H26N4O4S. The highest BCUT2D eigenvalue weighted by atomic mass is 32.2. The second-order valence-corrected chi connectivity index (χ2v) is 9.40. The highest BCUT2D eigenvalue weighted by Gasteiger charge is 2.39. The Bertz CT molecular complexity index is 1100. The number of nitrogens with zero attached hydrogens (tertiary/aromatic N) is 4. The number of anilines is 1. The lowest BCUT2D eigenvalue weighted by molar-refractivity contribution is 0.216. The number of ether oxygens (including phenoxy) is 1. The number of hydrogen-bond acceptors (Lipinski definition) is 6. The molecule has 1 fully saturated rings. The number of piperidine rings is 1. The van der Waals surface area contributed by atoms with Crippen molar-refractivity contribution in [2.24, 2.45) is 0 Å². The predicted molar refractivity (Wildman–Crippen MR) is 117 cm³/mol. The van der Waals surface area contributed by atoms with Gasteiger partial charge in [0, 0.05) is 13.6 Å². The predicted octanol–water partition coefficient (Wildman–Crippen LogP) is 3.58. The van der Waals surface area contributed by atoms with E-state index in [-0.39, 0.29) is 0 Å². The van der Waals surface area contributed by atoms with Crippen LogP contribution in [0.3, 0.4) is 0 Å². The van der Waals surface area contributed by atoms with Gasteiger partial charge in [0.05, 0.1) is 19.2 Å². The molecule has 8 nitrogen and oxygen atoms in total. The monoisotopic (exact) mass is 442 g/mol. The van der Waals surface area contributed by atoms with Gasteiger partial charge in [0.25, 0.3) is 0 Å². The van der Waals surface area contributed by atoms with Crippen LogP contribution in [-0.4, -0.2) is 43.6 Å². The minimum Gasteiger partial charge on any atom is -0.497 e. The zero-order valence-electron chi connectivity index (χ0n) is 17.6. The summed E-state index contributed by atoms with van der Waals surface area (Å²) in [5.74, 6) is 1.49. The van der Waals surface area contributed by atoms with Gasteiger partial charge in [0.2, 0.25) is 11.8 Å². The first kappa shape index (κ1) is 21.3. The fraction of sp³-hybridized carbons (Fsp3) is 0.364. The van der Waals surface area contributed by atoms with E-state index in [0.717, 1.165) is 18.4 Å². The summed E-state index contributed by atoms with van der Waals surface area (Å²) in [4.78, 5) is 0. The van der Waals surface area contributed by atoms with Crippen LogP contribution in [0.25, 0.3) is 0 Å². The maximum atomic E-state index is 13.5. The van der Waals surface area contributed by atoms with Gasteiger partial charge in [-0.15, -0.1) is 10.2 Å². The summed E-state index contributed by atoms with van der Waals surface area (Å²) in [7, 11) is -0.657. The molecule has 1 aromatic heterocycles. The van der Waals surface area contributed by atoms with Crippen molar-refractivity contribution in [3.05, 3.63) is 71.9 Å². The summed E-state index contributed by atoms with van der Waals surface area (Å²) in [5, 5.41) is 8.36. The molecule has 0 bridgehead atoms. The smallest absolute Gasteiger partial charge is 0.304 e. The summed E-state index contributed by atoms with van der Waals surface area (Å²) >= 11 is 0. The highest BCUT2D eigenvalue weighted by molar-refractivity contribution is 7.90. The molecule has 164 valence electrons. The summed E-state index contributed by atoms with van der Waals surface area (Å²) in [6.45, 7) is 0.407. The van der Waals surface area contributed by atoms with E-state index in [1.54, 1.807) is 38.4 Å². The van der Waals surface area contributed by atoms with Gasteiger partial charge in [0.1, 0.15) is 11.8 Å². The molecule has 1 atom stereocenters. The minimum atomic E-state index is -3.78. The first-order valence-corrected chi connectivity index (χ1v) is 11.6. The Morgan fingerprint density at radius 3 is 2.55 bits per heavy atom. The fourth-order valence-electron chi connectivity index (χ4n) is 3.75. The van der Waals surface area contributed by atoms with E-state index in [4.69, 9.17) is 9.15 Å². The molecule has 31 heavy (non-hydrogen) atoms. The van der Waals surface area contributed by atoms with Gasteiger partial charge < -0.3 is 9.15 Å². The molecule has 0 radical (unpaired) electrons. The average Bonchev–Trinajstić information content (AvgIpc) is 3.27.